The summed E-state index contributed by atoms with van der Waals surface area (Å²) in [5.74, 6) is -0.0308. The maximum absolute atomic E-state index is 13.4. The standard InChI is InChI=1S/C30H44N4O5S3/c1-5-6-7-8-9-13-26(36)40-14-11-10-12-21-16-24(35)31-17-25-32-23(18-41-25)27-34-30(4,19-42-27)29(38)33-22(15-20(2)3)28(37)39-21/h10,12,18,20-22H,5-9,11,13-17,19H2,1-4H3,(H,31,35)(H,33,38)/b12-10-/t21-,22?,30+/m1/s1. The molecule has 232 valence electrons. The first kappa shape index (κ1) is 34.3. The summed E-state index contributed by atoms with van der Waals surface area (Å²) >= 11 is 4.19. The zero-order valence-corrected chi connectivity index (χ0v) is 27.6. The van der Waals surface area contributed by atoms with Crippen LogP contribution < -0.4 is 10.6 Å². The van der Waals surface area contributed by atoms with E-state index in [0.29, 0.717) is 41.5 Å². The molecule has 1 aromatic heterocycles. The van der Waals surface area contributed by atoms with Gasteiger partial charge in [-0.25, -0.2) is 9.78 Å². The summed E-state index contributed by atoms with van der Waals surface area (Å²) in [7, 11) is 0. The van der Waals surface area contributed by atoms with Gasteiger partial charge in [0, 0.05) is 23.3 Å². The van der Waals surface area contributed by atoms with Gasteiger partial charge in [0.2, 0.25) is 11.8 Å². The Morgan fingerprint density at radius 2 is 2.02 bits per heavy atom. The molecular weight excluding hydrogens is 593 g/mol. The van der Waals surface area contributed by atoms with Gasteiger partial charge in [0.05, 0.1) is 13.0 Å². The molecule has 0 saturated heterocycles. The molecule has 9 nitrogen and oxygen atoms in total. The van der Waals surface area contributed by atoms with Crippen LogP contribution >= 0.6 is 34.9 Å². The maximum Gasteiger partial charge on any atom is 0.329 e. The van der Waals surface area contributed by atoms with Crippen LogP contribution in [-0.4, -0.2) is 62.1 Å². The van der Waals surface area contributed by atoms with E-state index in [9.17, 15) is 19.2 Å². The number of aromatic nitrogens is 1. The Morgan fingerprint density at radius 3 is 2.79 bits per heavy atom. The van der Waals surface area contributed by atoms with Crippen LogP contribution in [-0.2, 0) is 30.5 Å². The molecule has 42 heavy (non-hydrogen) atoms. The molecule has 3 atom stereocenters. The molecule has 2 amide bonds. The smallest absolute Gasteiger partial charge is 0.329 e. The second-order valence-electron chi connectivity index (χ2n) is 11.3. The Morgan fingerprint density at radius 1 is 1.24 bits per heavy atom. The SMILES string of the molecule is CCCCCCCC(=O)SCC/C=C\[C@@H]1CC(=O)NCc2nc(cs2)C2=N[C@@](C)(CS2)C(=O)NC(CC(C)C)C(=O)O1. The van der Waals surface area contributed by atoms with Gasteiger partial charge in [-0.05, 0) is 38.2 Å². The number of esters is 1. The molecule has 2 aliphatic rings. The summed E-state index contributed by atoms with van der Waals surface area (Å²) in [6.45, 7) is 8.12. The van der Waals surface area contributed by atoms with E-state index in [4.69, 9.17) is 4.74 Å². The highest BCUT2D eigenvalue weighted by Crippen LogP contribution is 2.32. The third-order valence-electron chi connectivity index (χ3n) is 6.87. The summed E-state index contributed by atoms with van der Waals surface area (Å²) in [6.07, 6.45) is 9.83. The highest BCUT2D eigenvalue weighted by Gasteiger charge is 2.41. The summed E-state index contributed by atoms with van der Waals surface area (Å²) in [4.78, 5) is 61.0. The van der Waals surface area contributed by atoms with Crippen LogP contribution in [0.4, 0.5) is 0 Å². The largest absolute Gasteiger partial charge is 0.456 e. The molecule has 3 rings (SSSR count). The summed E-state index contributed by atoms with van der Waals surface area (Å²) in [5, 5.41) is 9.22. The number of aliphatic imine (C=N–C) groups is 1. The van der Waals surface area contributed by atoms with Gasteiger partial charge in [0.25, 0.3) is 0 Å². The summed E-state index contributed by atoms with van der Waals surface area (Å²) in [6, 6.07) is -0.873. The van der Waals surface area contributed by atoms with Crippen LogP contribution in [0.15, 0.2) is 22.5 Å². The molecule has 0 saturated carbocycles. The Kier molecular flexibility index (Phi) is 14.1. The van der Waals surface area contributed by atoms with Gasteiger partial charge in [0.15, 0.2) is 5.12 Å². The maximum atomic E-state index is 13.4. The van der Waals surface area contributed by atoms with Crippen molar-refractivity contribution in [3.8, 4) is 0 Å². The first-order valence-corrected chi connectivity index (χ1v) is 17.7. The van der Waals surface area contributed by atoms with Crippen LogP contribution in [0.25, 0.3) is 0 Å². The number of allylic oxidation sites excluding steroid dienone is 1. The molecule has 2 aliphatic heterocycles. The fourth-order valence-electron chi connectivity index (χ4n) is 4.48. The number of fused-ring (bicyclic) bond motifs is 4. The van der Waals surface area contributed by atoms with Crippen LogP contribution in [0, 0.1) is 5.92 Å². The molecule has 12 heteroatoms. The van der Waals surface area contributed by atoms with Crippen LogP contribution in [0.3, 0.4) is 0 Å². The molecule has 0 radical (unpaired) electrons. The number of amides is 2. The lowest BCUT2D eigenvalue weighted by molar-refractivity contribution is -0.152. The van der Waals surface area contributed by atoms with Crippen molar-refractivity contribution in [2.75, 3.05) is 11.5 Å². The lowest BCUT2D eigenvalue weighted by Crippen LogP contribution is -2.51. The molecule has 2 N–H and O–H groups in total. The fourth-order valence-corrected chi connectivity index (χ4v) is 7.17. The van der Waals surface area contributed by atoms with Gasteiger partial charge in [-0.15, -0.1) is 23.1 Å². The van der Waals surface area contributed by atoms with Crippen molar-refractivity contribution in [3.05, 3.63) is 28.2 Å². The van der Waals surface area contributed by atoms with Crippen LogP contribution in [0.5, 0.6) is 0 Å². The highest BCUT2D eigenvalue weighted by atomic mass is 32.2. The molecule has 1 unspecified atom stereocenters. The van der Waals surface area contributed by atoms with E-state index >= 15 is 0 Å². The number of nitrogens with one attached hydrogen (secondary N) is 2. The van der Waals surface area contributed by atoms with E-state index < -0.39 is 23.7 Å². The van der Waals surface area contributed by atoms with Gasteiger partial charge < -0.3 is 15.4 Å². The van der Waals surface area contributed by atoms with Crippen molar-refractivity contribution in [2.24, 2.45) is 10.9 Å². The van der Waals surface area contributed by atoms with Gasteiger partial charge in [-0.2, -0.15) is 0 Å². The van der Waals surface area contributed by atoms with E-state index in [1.807, 2.05) is 25.3 Å². The Hall–Kier alpha value is -2.18. The van der Waals surface area contributed by atoms with Gasteiger partial charge in [-0.1, -0.05) is 64.3 Å². The molecule has 3 heterocycles. The molecule has 1 aromatic rings. The third-order valence-corrected chi connectivity index (χ3v) is 9.96. The van der Waals surface area contributed by atoms with Crippen molar-refractivity contribution in [3.63, 3.8) is 0 Å². The second-order valence-corrected chi connectivity index (χ2v) is 14.4. The number of hydrogen-bond acceptors (Lipinski definition) is 10. The lowest BCUT2D eigenvalue weighted by atomic mass is 10.0. The normalized spacial score (nSPS) is 23.5. The minimum absolute atomic E-state index is 0.0626. The van der Waals surface area contributed by atoms with E-state index in [0.717, 1.165) is 17.8 Å². The van der Waals surface area contributed by atoms with E-state index in [2.05, 4.69) is 27.5 Å². The van der Waals surface area contributed by atoms with Crippen molar-refractivity contribution in [1.29, 1.82) is 0 Å². The van der Waals surface area contributed by atoms with Crippen molar-refractivity contribution >= 4 is 62.8 Å². The number of carbonyl (C=O) groups is 4. The van der Waals surface area contributed by atoms with Crippen molar-refractivity contribution in [2.45, 2.75) is 110 Å². The quantitative estimate of drug-likeness (QED) is 0.177. The minimum Gasteiger partial charge on any atom is -0.456 e. The predicted molar refractivity (Wildman–Crippen MR) is 172 cm³/mol. The Labute approximate surface area is 261 Å². The molecular formula is C30H44N4O5S3. The number of nitrogens with zero attached hydrogens (tertiary/aromatic N) is 2. The number of cyclic esters (lactones) is 1. The highest BCUT2D eigenvalue weighted by molar-refractivity contribution is 8.14. The first-order chi connectivity index (χ1) is 20.1. The summed E-state index contributed by atoms with van der Waals surface area (Å²) in [5.41, 5.74) is -0.348. The molecule has 0 aliphatic carbocycles. The zero-order chi connectivity index (χ0) is 30.5. The predicted octanol–water partition coefficient (Wildman–Crippen LogP) is 5.42. The number of hydrogen-bond donors (Lipinski definition) is 2. The van der Waals surface area contributed by atoms with Gasteiger partial charge in [-0.3, -0.25) is 19.4 Å². The van der Waals surface area contributed by atoms with Crippen LogP contribution in [0.2, 0.25) is 0 Å². The number of thiazole rings is 1. The van der Waals surface area contributed by atoms with E-state index in [1.54, 1.807) is 13.0 Å². The number of ether oxygens (including phenoxy) is 1. The number of thioether (sulfide) groups is 2. The number of rotatable bonds is 12. The van der Waals surface area contributed by atoms with E-state index in [1.165, 1.54) is 54.1 Å². The first-order valence-electron chi connectivity index (χ1n) is 14.9. The van der Waals surface area contributed by atoms with Crippen molar-refractivity contribution in [1.82, 2.24) is 15.6 Å². The fraction of sp³-hybridized carbons (Fsp3) is 0.667. The summed E-state index contributed by atoms with van der Waals surface area (Å²) < 4.78 is 5.81. The van der Waals surface area contributed by atoms with E-state index in [-0.39, 0.29) is 35.8 Å². The van der Waals surface area contributed by atoms with Gasteiger partial charge in [0.1, 0.15) is 33.4 Å². The molecule has 4 bridgehead atoms. The topological polar surface area (TPSA) is 127 Å². The number of carbonyl (C=O) groups excluding carboxylic acids is 4. The Bertz CT molecular complexity index is 1150. The number of unbranched alkanes of at least 4 members (excludes halogenated alkanes) is 4. The zero-order valence-electron chi connectivity index (χ0n) is 25.1. The Balaban J connectivity index is 1.68. The van der Waals surface area contributed by atoms with Gasteiger partial charge >= 0.3 is 5.97 Å². The molecule has 0 aromatic carbocycles. The average molecular weight is 637 g/mol. The third kappa shape index (κ3) is 11.1. The average Bonchev–Trinajstić information content (AvgIpc) is 3.58. The lowest BCUT2D eigenvalue weighted by Gasteiger charge is -2.26. The second kappa shape index (κ2) is 17.2. The van der Waals surface area contributed by atoms with Crippen molar-refractivity contribution < 1.29 is 23.9 Å². The molecule has 0 spiro atoms. The minimum atomic E-state index is -1.03. The monoisotopic (exact) mass is 636 g/mol. The molecule has 0 fully saturated rings. The van der Waals surface area contributed by atoms with Crippen LogP contribution in [0.1, 0.15) is 96.2 Å².